The van der Waals surface area contributed by atoms with Crippen LogP contribution < -0.4 is 16.8 Å². The maximum absolute atomic E-state index is 11.8. The van der Waals surface area contributed by atoms with Gasteiger partial charge < -0.3 is 16.5 Å². The molecule has 0 aliphatic heterocycles. The van der Waals surface area contributed by atoms with Crippen LogP contribution in [0.3, 0.4) is 0 Å². The van der Waals surface area contributed by atoms with Gasteiger partial charge in [0.15, 0.2) is 0 Å². The van der Waals surface area contributed by atoms with Gasteiger partial charge in [0.05, 0.1) is 5.56 Å². The summed E-state index contributed by atoms with van der Waals surface area (Å²) in [6, 6.07) is 4.73. The van der Waals surface area contributed by atoms with Gasteiger partial charge in [-0.2, -0.15) is 0 Å². The molecule has 6 nitrogen and oxygen atoms in total. The lowest BCUT2D eigenvalue weighted by molar-refractivity contribution is 0.102. The summed E-state index contributed by atoms with van der Waals surface area (Å²) in [5, 5.41) is 2.57. The van der Waals surface area contributed by atoms with Crippen molar-refractivity contribution >= 4 is 23.2 Å². The van der Waals surface area contributed by atoms with E-state index in [1.54, 1.807) is 24.5 Å². The molecule has 0 atom stereocenters. The Bertz CT molecular complexity index is 506. The molecule has 16 heavy (non-hydrogen) atoms. The highest BCUT2D eigenvalue weighted by Crippen LogP contribution is 2.16. The van der Waals surface area contributed by atoms with Crippen LogP contribution in [0.15, 0.2) is 30.6 Å². The van der Waals surface area contributed by atoms with E-state index in [1.807, 2.05) is 0 Å². The third-order valence-electron chi connectivity index (χ3n) is 2.05. The molecule has 2 rings (SSSR count). The Labute approximate surface area is 91.7 Å². The monoisotopic (exact) mass is 217 g/mol. The average molecular weight is 217 g/mol. The first-order chi connectivity index (χ1) is 7.66. The number of anilines is 3. The summed E-state index contributed by atoms with van der Waals surface area (Å²) in [4.78, 5) is 18.4. The molecule has 0 saturated heterocycles. The minimum atomic E-state index is -0.326. The van der Waals surface area contributed by atoms with Crippen molar-refractivity contribution in [3.05, 3.63) is 36.2 Å². The fraction of sp³-hybridized carbons (Fsp3) is 0. The van der Waals surface area contributed by atoms with E-state index >= 15 is 0 Å². The number of hydrogen-bond acceptors (Lipinski definition) is 4. The van der Waals surface area contributed by atoms with Crippen LogP contribution in [0.1, 0.15) is 10.4 Å². The van der Waals surface area contributed by atoms with Gasteiger partial charge in [0, 0.05) is 23.8 Å². The van der Waals surface area contributed by atoms with Crippen molar-refractivity contribution < 1.29 is 4.79 Å². The number of hydrogen-bond donors (Lipinski definition) is 4. The first-order valence-electron chi connectivity index (χ1n) is 4.62. The highest BCUT2D eigenvalue weighted by Gasteiger charge is 2.10. The van der Waals surface area contributed by atoms with Gasteiger partial charge in [-0.25, -0.2) is 4.98 Å². The zero-order valence-corrected chi connectivity index (χ0v) is 8.40. The number of aromatic nitrogens is 2. The molecular formula is C10H11N5O. The molecule has 1 aromatic heterocycles. The minimum Gasteiger partial charge on any atom is -0.399 e. The third-order valence-corrected chi connectivity index (χ3v) is 2.05. The summed E-state index contributed by atoms with van der Waals surface area (Å²) in [7, 11) is 0. The van der Waals surface area contributed by atoms with Gasteiger partial charge in [0.2, 0.25) is 5.95 Å². The van der Waals surface area contributed by atoms with Crippen molar-refractivity contribution in [3.63, 3.8) is 0 Å². The highest BCUT2D eigenvalue weighted by molar-refractivity contribution is 6.07. The number of H-pyrrole nitrogens is 1. The Morgan fingerprint density at radius 2 is 2.19 bits per heavy atom. The van der Waals surface area contributed by atoms with E-state index in [2.05, 4.69) is 15.3 Å². The zero-order chi connectivity index (χ0) is 11.5. The van der Waals surface area contributed by atoms with E-state index < -0.39 is 0 Å². The smallest absolute Gasteiger partial charge is 0.260 e. The van der Waals surface area contributed by atoms with Crippen LogP contribution in [0.5, 0.6) is 0 Å². The summed E-state index contributed by atoms with van der Waals surface area (Å²) < 4.78 is 0. The van der Waals surface area contributed by atoms with Crippen LogP contribution in [0.25, 0.3) is 0 Å². The van der Waals surface area contributed by atoms with Gasteiger partial charge in [0.25, 0.3) is 5.91 Å². The van der Waals surface area contributed by atoms with Crippen LogP contribution in [0, 0.1) is 0 Å². The summed E-state index contributed by atoms with van der Waals surface area (Å²) in [6.07, 6.45) is 3.16. The summed E-state index contributed by atoms with van der Waals surface area (Å²) in [5.74, 6) is 0.0497. The van der Waals surface area contributed by atoms with Gasteiger partial charge in [-0.15, -0.1) is 0 Å². The second kappa shape index (κ2) is 3.93. The normalized spacial score (nSPS) is 10.0. The summed E-state index contributed by atoms with van der Waals surface area (Å²) in [6.45, 7) is 0. The quantitative estimate of drug-likeness (QED) is 0.558. The van der Waals surface area contributed by atoms with Crippen LogP contribution in [-0.4, -0.2) is 15.9 Å². The van der Waals surface area contributed by atoms with E-state index in [4.69, 9.17) is 11.5 Å². The molecule has 6 heteroatoms. The number of benzene rings is 1. The highest BCUT2D eigenvalue weighted by atomic mass is 16.1. The molecule has 0 aliphatic rings. The Kier molecular flexibility index (Phi) is 2.47. The van der Waals surface area contributed by atoms with Gasteiger partial charge >= 0.3 is 0 Å². The van der Waals surface area contributed by atoms with Crippen molar-refractivity contribution in [3.8, 4) is 0 Å². The van der Waals surface area contributed by atoms with Gasteiger partial charge in [-0.05, 0) is 18.2 Å². The lowest BCUT2D eigenvalue weighted by atomic mass is 10.1. The first-order valence-corrected chi connectivity index (χ1v) is 4.62. The zero-order valence-electron chi connectivity index (χ0n) is 8.40. The third kappa shape index (κ3) is 1.95. The number of nitrogens with two attached hydrogens (primary N) is 2. The Balaban J connectivity index is 2.21. The fourth-order valence-electron chi connectivity index (χ4n) is 1.30. The number of nitrogens with zero attached hydrogens (tertiary/aromatic N) is 1. The summed E-state index contributed by atoms with van der Waals surface area (Å²) in [5.41, 5.74) is 12.4. The molecule has 6 N–H and O–H groups in total. The molecule has 1 aromatic carbocycles. The standard InChI is InChI=1S/C10H11N5O/c11-6-1-2-7(8(12)5-6)9(16)15-10-13-3-4-14-10/h1-5H,11-12H2,(H2,13,14,15,16). The van der Waals surface area contributed by atoms with Crippen LogP contribution >= 0.6 is 0 Å². The van der Waals surface area contributed by atoms with Crippen molar-refractivity contribution in [2.45, 2.75) is 0 Å². The lowest BCUT2D eigenvalue weighted by Crippen LogP contribution is -2.15. The molecule has 1 heterocycles. The second-order valence-corrected chi connectivity index (χ2v) is 3.24. The van der Waals surface area contributed by atoms with E-state index in [0.29, 0.717) is 22.9 Å². The van der Waals surface area contributed by atoms with Crippen molar-refractivity contribution in [2.75, 3.05) is 16.8 Å². The molecule has 2 aromatic rings. The van der Waals surface area contributed by atoms with Gasteiger partial charge in [0.1, 0.15) is 0 Å². The molecule has 1 amide bonds. The van der Waals surface area contributed by atoms with E-state index in [9.17, 15) is 4.79 Å². The van der Waals surface area contributed by atoms with Crippen molar-refractivity contribution in [2.24, 2.45) is 0 Å². The molecule has 0 fully saturated rings. The van der Waals surface area contributed by atoms with Crippen LogP contribution in [0.4, 0.5) is 17.3 Å². The second-order valence-electron chi connectivity index (χ2n) is 3.24. The Hall–Kier alpha value is -2.50. The molecule has 0 unspecified atom stereocenters. The predicted molar refractivity (Wildman–Crippen MR) is 61.8 cm³/mol. The topological polar surface area (TPSA) is 110 Å². The molecule has 82 valence electrons. The van der Waals surface area contributed by atoms with E-state index in [-0.39, 0.29) is 5.91 Å². The molecule has 0 spiro atoms. The number of aromatic amines is 1. The number of amides is 1. The Morgan fingerprint density at radius 1 is 1.38 bits per heavy atom. The summed E-state index contributed by atoms with van der Waals surface area (Å²) >= 11 is 0. The number of carbonyl (C=O) groups is 1. The Morgan fingerprint density at radius 3 is 2.81 bits per heavy atom. The maximum atomic E-state index is 11.8. The number of rotatable bonds is 2. The predicted octanol–water partition coefficient (Wildman–Crippen LogP) is 0.826. The van der Waals surface area contributed by atoms with Crippen LogP contribution in [0.2, 0.25) is 0 Å². The van der Waals surface area contributed by atoms with Crippen LogP contribution in [-0.2, 0) is 0 Å². The van der Waals surface area contributed by atoms with E-state index in [0.717, 1.165) is 0 Å². The number of carbonyl (C=O) groups excluding carboxylic acids is 1. The number of nitrogen functional groups attached to an aromatic ring is 2. The maximum Gasteiger partial charge on any atom is 0.260 e. The number of imidazole rings is 1. The first kappa shape index (κ1) is 10.0. The minimum absolute atomic E-state index is 0.326. The lowest BCUT2D eigenvalue weighted by Gasteiger charge is -2.05. The fourth-order valence-corrected chi connectivity index (χ4v) is 1.30. The molecule has 0 saturated carbocycles. The largest absolute Gasteiger partial charge is 0.399 e. The molecule has 0 bridgehead atoms. The molecule has 0 radical (unpaired) electrons. The molecule has 0 aliphatic carbocycles. The van der Waals surface area contributed by atoms with Crippen molar-refractivity contribution in [1.29, 1.82) is 0 Å². The van der Waals surface area contributed by atoms with Gasteiger partial charge in [-0.3, -0.25) is 10.1 Å². The van der Waals surface area contributed by atoms with Crippen molar-refractivity contribution in [1.82, 2.24) is 9.97 Å². The average Bonchev–Trinajstić information content (AvgIpc) is 2.70. The SMILES string of the molecule is Nc1ccc(C(=O)Nc2ncc[nH]2)c(N)c1. The molecular weight excluding hydrogens is 206 g/mol. The van der Waals surface area contributed by atoms with E-state index in [1.165, 1.54) is 6.07 Å². The van der Waals surface area contributed by atoms with Gasteiger partial charge in [-0.1, -0.05) is 0 Å². The number of nitrogens with one attached hydrogen (secondary N) is 2.